The van der Waals surface area contributed by atoms with E-state index in [9.17, 15) is 36.7 Å². The number of aromatic carboxylic acids is 1. The van der Waals surface area contributed by atoms with Crippen LogP contribution < -0.4 is 32.0 Å². The van der Waals surface area contributed by atoms with Gasteiger partial charge in [0.05, 0.1) is 36.7 Å². The van der Waals surface area contributed by atoms with Crippen LogP contribution in [0.2, 0.25) is 0 Å². The number of likely N-dealkylation sites (tertiary alicyclic amines) is 2. The van der Waals surface area contributed by atoms with Gasteiger partial charge in [0, 0.05) is 26.2 Å². The van der Waals surface area contributed by atoms with E-state index in [1.165, 1.54) is 37.2 Å². The van der Waals surface area contributed by atoms with E-state index in [0.29, 0.717) is 56.9 Å². The summed E-state index contributed by atoms with van der Waals surface area (Å²) in [5, 5.41) is 11.1. The largest absolute Gasteiger partial charge is 0.476 e. The quantitative estimate of drug-likeness (QED) is 0.0755. The monoisotopic (exact) mass is 1110 g/mol. The van der Waals surface area contributed by atoms with Crippen molar-refractivity contribution in [2.45, 2.75) is 78.4 Å². The zero-order valence-electron chi connectivity index (χ0n) is 42.9. The summed E-state index contributed by atoms with van der Waals surface area (Å²) in [7, 11) is 0. The van der Waals surface area contributed by atoms with Crippen LogP contribution in [-0.2, 0) is 9.47 Å². The van der Waals surface area contributed by atoms with Crippen LogP contribution in [-0.4, -0.2) is 119 Å². The Morgan fingerprint density at radius 3 is 1.47 bits per heavy atom. The van der Waals surface area contributed by atoms with E-state index < -0.39 is 52.0 Å². The number of nitrogens with one attached hydrogen (secondary N) is 1. The van der Waals surface area contributed by atoms with Crippen LogP contribution in [0.1, 0.15) is 88.2 Å². The fourth-order valence-electron chi connectivity index (χ4n) is 7.36. The SMILES string of the molecule is CC(C)(C)OC(=O)N1CCC(COc2ncncc2N)CC1.CC(C)(C)OC(=O)N1CCC(COc2ncncc2NC(=O)c2nc(-c3c(F)cccc3F)sc2N)CC1.Nc1sc(-c2c(F)cccc2F)nc1C(=O)O. The molecule has 6 aromatic rings. The molecule has 0 saturated carbocycles. The Balaban J connectivity index is 0.000000207. The van der Waals surface area contributed by atoms with Crippen molar-refractivity contribution in [1.82, 2.24) is 39.7 Å². The normalized spacial score (nSPS) is 14.1. The van der Waals surface area contributed by atoms with Gasteiger partial charge in [-0.2, -0.15) is 4.98 Å². The molecule has 8 rings (SSSR count). The highest BCUT2D eigenvalue weighted by molar-refractivity contribution is 7.19. The minimum atomic E-state index is -1.33. The van der Waals surface area contributed by atoms with Gasteiger partial charge in [0.2, 0.25) is 11.8 Å². The van der Waals surface area contributed by atoms with Gasteiger partial charge < -0.3 is 56.4 Å². The predicted molar refractivity (Wildman–Crippen MR) is 279 cm³/mol. The van der Waals surface area contributed by atoms with E-state index in [-0.39, 0.29) is 66.5 Å². The van der Waals surface area contributed by atoms with Crippen LogP contribution in [0.3, 0.4) is 0 Å². The van der Waals surface area contributed by atoms with Gasteiger partial charge in [0.1, 0.15) is 78.5 Å². The molecule has 3 amide bonds. The molecule has 0 radical (unpaired) electrons. The minimum absolute atomic E-state index is 0.00350. The Kier molecular flexibility index (Phi) is 19.5. The van der Waals surface area contributed by atoms with E-state index in [0.717, 1.165) is 72.6 Å². The van der Waals surface area contributed by atoms with Gasteiger partial charge in [-0.15, -0.1) is 0 Å². The van der Waals surface area contributed by atoms with E-state index in [1.807, 2.05) is 41.5 Å². The second-order valence-corrected chi connectivity index (χ2v) is 21.4. The number of nitrogens with two attached hydrogens (primary N) is 3. The van der Waals surface area contributed by atoms with Gasteiger partial charge in [0.15, 0.2) is 11.4 Å². The molecule has 2 aromatic carbocycles. The molecule has 0 unspecified atom stereocenters. The topological polar surface area (TPSA) is 299 Å². The number of aromatic nitrogens is 6. The first kappa shape index (κ1) is 58.3. The smallest absolute Gasteiger partial charge is 0.410 e. The molecule has 2 saturated heterocycles. The van der Waals surface area contributed by atoms with E-state index in [1.54, 1.807) is 9.80 Å². The number of halogens is 4. The summed E-state index contributed by atoms with van der Waals surface area (Å²) in [5.41, 5.74) is 15.4. The number of piperidine rings is 2. The lowest BCUT2D eigenvalue weighted by Crippen LogP contribution is -2.42. The molecule has 21 nitrogen and oxygen atoms in total. The number of ether oxygens (including phenoxy) is 4. The number of carboxylic acid groups (broad SMARTS) is 1. The molecule has 0 bridgehead atoms. The molecule has 8 N–H and O–H groups in total. The number of hydrogen-bond acceptors (Lipinski definition) is 19. The summed E-state index contributed by atoms with van der Waals surface area (Å²) in [6, 6.07) is 6.78. The highest BCUT2D eigenvalue weighted by Crippen LogP contribution is 2.36. The molecule has 2 aliphatic heterocycles. The molecule has 412 valence electrons. The van der Waals surface area contributed by atoms with E-state index in [4.69, 9.17) is 41.3 Å². The first-order chi connectivity index (χ1) is 36.4. The average molecular weight is 1110 g/mol. The predicted octanol–water partition coefficient (Wildman–Crippen LogP) is 9.19. The summed E-state index contributed by atoms with van der Waals surface area (Å²) >= 11 is 1.53. The lowest BCUT2D eigenvalue weighted by atomic mass is 9.98. The van der Waals surface area contributed by atoms with Crippen LogP contribution in [0.4, 0.5) is 48.5 Å². The van der Waals surface area contributed by atoms with Crippen molar-refractivity contribution in [3.05, 3.63) is 96.1 Å². The van der Waals surface area contributed by atoms with Crippen LogP contribution in [0.15, 0.2) is 61.4 Å². The van der Waals surface area contributed by atoms with Crippen molar-refractivity contribution in [1.29, 1.82) is 0 Å². The van der Waals surface area contributed by atoms with Gasteiger partial charge >= 0.3 is 18.2 Å². The van der Waals surface area contributed by atoms with Crippen molar-refractivity contribution in [2.75, 3.05) is 61.9 Å². The zero-order valence-corrected chi connectivity index (χ0v) is 44.5. The van der Waals surface area contributed by atoms with Gasteiger partial charge in [-0.05, 0) is 103 Å². The van der Waals surface area contributed by atoms with Crippen molar-refractivity contribution in [3.63, 3.8) is 0 Å². The molecule has 6 heterocycles. The van der Waals surface area contributed by atoms with Crippen molar-refractivity contribution >= 4 is 68.1 Å². The zero-order chi connectivity index (χ0) is 56.2. The highest BCUT2D eigenvalue weighted by atomic mass is 32.1. The van der Waals surface area contributed by atoms with Gasteiger partial charge in [-0.25, -0.2) is 56.9 Å². The second-order valence-electron chi connectivity index (χ2n) is 19.4. The molecule has 27 heteroatoms. The fourth-order valence-corrected chi connectivity index (χ4v) is 9.11. The Morgan fingerprint density at radius 1 is 0.649 bits per heavy atom. The number of nitrogen functional groups attached to an aromatic ring is 3. The molecule has 0 spiro atoms. The van der Waals surface area contributed by atoms with E-state index >= 15 is 0 Å². The van der Waals surface area contributed by atoms with Crippen LogP contribution in [0, 0.1) is 35.1 Å². The third-order valence-electron chi connectivity index (χ3n) is 11.1. The number of carbonyl (C=O) groups is 4. The van der Waals surface area contributed by atoms with Crippen molar-refractivity contribution in [2.24, 2.45) is 11.8 Å². The third kappa shape index (κ3) is 16.5. The molecule has 2 fully saturated rings. The van der Waals surface area contributed by atoms with Gasteiger partial charge in [0.25, 0.3) is 5.91 Å². The average Bonchev–Trinajstić information content (AvgIpc) is 3.95. The molecule has 2 aliphatic rings. The van der Waals surface area contributed by atoms with Crippen LogP contribution in [0.25, 0.3) is 21.1 Å². The number of carbonyl (C=O) groups excluding carboxylic acids is 3. The molecule has 4 aromatic heterocycles. The summed E-state index contributed by atoms with van der Waals surface area (Å²) in [6.07, 6.45) is 8.20. The lowest BCUT2D eigenvalue weighted by Gasteiger charge is -2.33. The number of hydrogen-bond donors (Lipinski definition) is 5. The number of carboxylic acids is 1. The first-order valence-corrected chi connectivity index (χ1v) is 25.5. The Hall–Kier alpha value is -7.94. The standard InChI is InChI=1S/C25H28F2N6O4S.C15H24N4O3.C10H6F2N2O2S/c1-25(2,3)37-24(35)33-9-7-14(8-10-33)12-36-22-17(11-29-13-30-22)31-21(34)19-20(28)38-23(32-19)18-15(26)5-4-6-16(18)27;1-15(2,3)22-14(20)19-6-4-11(5-7-19)9-21-13-12(16)8-17-10-18-13;11-4-2-1-3-5(12)6(4)9-14-7(10(15)16)8(13)17-9/h4-6,11,13-14H,7-10,12,28H2,1-3H3,(H,31,34);8,10-11H,4-7,9,16H2,1-3H3;1-3H,13H2,(H,15,16). The van der Waals surface area contributed by atoms with E-state index in [2.05, 4.69) is 35.2 Å². The van der Waals surface area contributed by atoms with Crippen molar-refractivity contribution < 1.29 is 60.8 Å². The number of benzene rings is 2. The van der Waals surface area contributed by atoms with Crippen LogP contribution >= 0.6 is 22.7 Å². The summed E-state index contributed by atoms with van der Waals surface area (Å²) in [6.45, 7) is 14.4. The highest BCUT2D eigenvalue weighted by Gasteiger charge is 2.30. The van der Waals surface area contributed by atoms with Crippen molar-refractivity contribution in [3.8, 4) is 32.9 Å². The number of thiazole rings is 2. The summed E-state index contributed by atoms with van der Waals surface area (Å²) in [5.74, 6) is -4.15. The van der Waals surface area contributed by atoms with Gasteiger partial charge in [-0.1, -0.05) is 34.8 Å². The Morgan fingerprint density at radius 2 is 1.05 bits per heavy atom. The number of anilines is 4. The maximum absolute atomic E-state index is 14.2. The fraction of sp³-hybridized carbons (Fsp3) is 0.400. The molecular weight excluding hydrogens is 1050 g/mol. The maximum atomic E-state index is 14.2. The first-order valence-electron chi connectivity index (χ1n) is 23.9. The molecular formula is C50H58F4N12O9S2. The lowest BCUT2D eigenvalue weighted by molar-refractivity contribution is 0.0155. The Labute approximate surface area is 448 Å². The van der Waals surface area contributed by atoms with Gasteiger partial charge in [-0.3, -0.25) is 4.79 Å². The third-order valence-corrected chi connectivity index (χ3v) is 13.0. The maximum Gasteiger partial charge on any atom is 0.410 e. The molecule has 0 aliphatic carbocycles. The molecule has 77 heavy (non-hydrogen) atoms. The number of amides is 3. The Bertz CT molecular complexity index is 2990. The molecule has 0 atom stereocenters. The second kappa shape index (κ2) is 25.7. The minimum Gasteiger partial charge on any atom is -0.476 e. The van der Waals surface area contributed by atoms with Crippen LogP contribution in [0.5, 0.6) is 11.8 Å². The summed E-state index contributed by atoms with van der Waals surface area (Å²) < 4.78 is 77.5. The number of nitrogens with zero attached hydrogens (tertiary/aromatic N) is 8. The number of rotatable bonds is 11. The summed E-state index contributed by atoms with van der Waals surface area (Å²) in [4.78, 5) is 74.9.